The molecule has 2 aromatic rings. The van der Waals surface area contributed by atoms with E-state index in [4.69, 9.17) is 16.1 Å². The molecule has 21 heavy (non-hydrogen) atoms. The first-order valence-corrected chi connectivity index (χ1v) is 7.62. The van der Waals surface area contributed by atoms with Gasteiger partial charge in [0.25, 0.3) is 5.89 Å². The van der Waals surface area contributed by atoms with Gasteiger partial charge in [0.05, 0.1) is 17.1 Å². The highest BCUT2D eigenvalue weighted by atomic mass is 35.5. The third-order valence-electron chi connectivity index (χ3n) is 3.86. The second-order valence-electron chi connectivity index (χ2n) is 5.32. The Labute approximate surface area is 129 Å². The van der Waals surface area contributed by atoms with Crippen LogP contribution >= 0.6 is 11.6 Å². The van der Waals surface area contributed by atoms with Crippen molar-refractivity contribution in [3.8, 4) is 11.5 Å². The Morgan fingerprint density at radius 1 is 1.43 bits per heavy atom. The molecule has 1 saturated heterocycles. The number of hydrogen-bond acceptors (Lipinski definition) is 5. The highest BCUT2D eigenvalue weighted by Gasteiger charge is 2.25. The van der Waals surface area contributed by atoms with Crippen LogP contribution in [0.25, 0.3) is 11.5 Å². The summed E-state index contributed by atoms with van der Waals surface area (Å²) in [6.45, 7) is 2.80. The van der Waals surface area contributed by atoms with Crippen LogP contribution in [-0.4, -0.2) is 41.2 Å². The van der Waals surface area contributed by atoms with Crippen LogP contribution < -0.4 is 5.32 Å². The Kier molecular flexibility index (Phi) is 4.53. The maximum absolute atomic E-state index is 6.16. The van der Waals surface area contributed by atoms with Crippen LogP contribution in [0.2, 0.25) is 5.02 Å². The minimum Gasteiger partial charge on any atom is -0.334 e. The van der Waals surface area contributed by atoms with Gasteiger partial charge in [0.2, 0.25) is 0 Å². The molecule has 0 aliphatic carbocycles. The summed E-state index contributed by atoms with van der Waals surface area (Å²) in [5.74, 6) is 1.20. The average molecular weight is 307 g/mol. The lowest BCUT2D eigenvalue weighted by molar-refractivity contribution is 0.233. The zero-order chi connectivity index (χ0) is 14.7. The summed E-state index contributed by atoms with van der Waals surface area (Å²) in [7, 11) is 1.99. The van der Waals surface area contributed by atoms with E-state index in [0.717, 1.165) is 25.2 Å². The van der Waals surface area contributed by atoms with E-state index in [9.17, 15) is 0 Å². The summed E-state index contributed by atoms with van der Waals surface area (Å²) >= 11 is 6.16. The average Bonchev–Trinajstić information content (AvgIpc) is 3.11. The predicted octanol–water partition coefficient (Wildman–Crippen LogP) is 2.57. The molecule has 1 fully saturated rings. The van der Waals surface area contributed by atoms with E-state index >= 15 is 0 Å². The second kappa shape index (κ2) is 6.56. The van der Waals surface area contributed by atoms with Crippen molar-refractivity contribution in [3.05, 3.63) is 35.1 Å². The molecule has 1 atom stereocenters. The molecular formula is C15H19ClN4O. The number of aromatic nitrogens is 2. The van der Waals surface area contributed by atoms with Crippen LogP contribution in [0.4, 0.5) is 0 Å². The van der Waals surface area contributed by atoms with E-state index in [1.54, 1.807) is 0 Å². The van der Waals surface area contributed by atoms with Crippen LogP contribution in [-0.2, 0) is 6.54 Å². The van der Waals surface area contributed by atoms with Gasteiger partial charge < -0.3 is 9.84 Å². The van der Waals surface area contributed by atoms with Crippen LogP contribution in [0.1, 0.15) is 18.7 Å². The van der Waals surface area contributed by atoms with Gasteiger partial charge in [-0.3, -0.25) is 4.90 Å². The van der Waals surface area contributed by atoms with Crippen LogP contribution in [0.5, 0.6) is 0 Å². The lowest BCUT2D eigenvalue weighted by Crippen LogP contribution is -2.36. The van der Waals surface area contributed by atoms with E-state index in [1.165, 1.54) is 12.8 Å². The normalized spacial score (nSPS) is 19.2. The second-order valence-corrected chi connectivity index (χ2v) is 5.73. The Balaban J connectivity index is 1.72. The largest absolute Gasteiger partial charge is 0.334 e. The Bertz CT molecular complexity index is 601. The highest BCUT2D eigenvalue weighted by Crippen LogP contribution is 2.26. The molecule has 5 nitrogen and oxygen atoms in total. The number of nitrogens with zero attached hydrogens (tertiary/aromatic N) is 3. The predicted molar refractivity (Wildman–Crippen MR) is 82.1 cm³/mol. The summed E-state index contributed by atoms with van der Waals surface area (Å²) in [5.41, 5.74) is 0.783. The zero-order valence-corrected chi connectivity index (χ0v) is 12.8. The molecule has 0 spiro atoms. The van der Waals surface area contributed by atoms with Crippen molar-refractivity contribution >= 4 is 11.6 Å². The first-order valence-electron chi connectivity index (χ1n) is 7.24. The lowest BCUT2D eigenvalue weighted by atomic mass is 10.2. The minimum absolute atomic E-state index is 0.486. The van der Waals surface area contributed by atoms with Gasteiger partial charge >= 0.3 is 0 Å². The summed E-state index contributed by atoms with van der Waals surface area (Å²) in [6, 6.07) is 8.06. The molecule has 0 amide bonds. The smallest absolute Gasteiger partial charge is 0.259 e. The van der Waals surface area contributed by atoms with E-state index in [2.05, 4.69) is 20.4 Å². The van der Waals surface area contributed by atoms with Crippen molar-refractivity contribution in [1.29, 1.82) is 0 Å². The molecule has 1 N–H and O–H groups in total. The molecule has 0 bridgehead atoms. The first-order chi connectivity index (χ1) is 10.3. The Morgan fingerprint density at radius 3 is 3.10 bits per heavy atom. The number of rotatable bonds is 5. The standard InChI is InChI=1S/C15H19ClN4O/c1-17-9-11-5-4-8-20(11)10-14-18-15(21-19-14)12-6-2-3-7-13(12)16/h2-3,6-7,11,17H,4-5,8-10H2,1H3. The van der Waals surface area contributed by atoms with Crippen molar-refractivity contribution < 1.29 is 4.52 Å². The maximum Gasteiger partial charge on any atom is 0.259 e. The van der Waals surface area contributed by atoms with Gasteiger partial charge in [0, 0.05) is 12.6 Å². The molecule has 112 valence electrons. The number of likely N-dealkylation sites (tertiary alicyclic amines) is 1. The lowest BCUT2D eigenvalue weighted by Gasteiger charge is -2.22. The van der Waals surface area contributed by atoms with Crippen LogP contribution in [0, 0.1) is 0 Å². The van der Waals surface area contributed by atoms with E-state index in [-0.39, 0.29) is 0 Å². The van der Waals surface area contributed by atoms with Crippen molar-refractivity contribution in [2.75, 3.05) is 20.1 Å². The quantitative estimate of drug-likeness (QED) is 0.920. The minimum atomic E-state index is 0.486. The Hall–Kier alpha value is -1.43. The fourth-order valence-electron chi connectivity index (χ4n) is 2.81. The van der Waals surface area contributed by atoms with Gasteiger partial charge in [-0.15, -0.1) is 0 Å². The molecule has 0 saturated carbocycles. The Morgan fingerprint density at radius 2 is 2.29 bits per heavy atom. The zero-order valence-electron chi connectivity index (χ0n) is 12.1. The molecule has 1 aliphatic rings. The monoisotopic (exact) mass is 306 g/mol. The van der Waals surface area contributed by atoms with Crippen molar-refractivity contribution in [2.45, 2.75) is 25.4 Å². The number of halogens is 1. The fourth-order valence-corrected chi connectivity index (χ4v) is 3.03. The fraction of sp³-hybridized carbons (Fsp3) is 0.467. The van der Waals surface area contributed by atoms with Gasteiger partial charge in [-0.1, -0.05) is 28.9 Å². The summed E-state index contributed by atoms with van der Waals surface area (Å²) in [6.07, 6.45) is 2.44. The summed E-state index contributed by atoms with van der Waals surface area (Å²) < 4.78 is 5.35. The molecule has 1 aliphatic heterocycles. The summed E-state index contributed by atoms with van der Waals surface area (Å²) in [5, 5.41) is 7.95. The molecule has 1 aromatic carbocycles. The van der Waals surface area contributed by atoms with Crippen molar-refractivity contribution in [2.24, 2.45) is 0 Å². The molecule has 3 rings (SSSR count). The molecule has 6 heteroatoms. The molecule has 1 aromatic heterocycles. The molecule has 0 radical (unpaired) electrons. The van der Waals surface area contributed by atoms with E-state index in [0.29, 0.717) is 22.8 Å². The van der Waals surface area contributed by atoms with Gasteiger partial charge in [0.15, 0.2) is 5.82 Å². The summed E-state index contributed by atoms with van der Waals surface area (Å²) in [4.78, 5) is 6.88. The van der Waals surface area contributed by atoms with Gasteiger partial charge in [-0.2, -0.15) is 4.98 Å². The number of nitrogens with one attached hydrogen (secondary N) is 1. The third-order valence-corrected chi connectivity index (χ3v) is 4.19. The first kappa shape index (κ1) is 14.5. The van der Waals surface area contributed by atoms with Crippen LogP contribution in [0.15, 0.2) is 28.8 Å². The highest BCUT2D eigenvalue weighted by molar-refractivity contribution is 6.33. The van der Waals surface area contributed by atoms with Gasteiger partial charge in [-0.25, -0.2) is 0 Å². The number of likely N-dealkylation sites (N-methyl/N-ethyl adjacent to an activating group) is 1. The third kappa shape index (κ3) is 3.26. The SMILES string of the molecule is CNCC1CCCN1Cc1noc(-c2ccccc2Cl)n1. The van der Waals surface area contributed by atoms with E-state index in [1.807, 2.05) is 31.3 Å². The van der Waals surface area contributed by atoms with Crippen LogP contribution in [0.3, 0.4) is 0 Å². The maximum atomic E-state index is 6.16. The van der Waals surface area contributed by atoms with Crippen molar-refractivity contribution in [3.63, 3.8) is 0 Å². The van der Waals surface area contributed by atoms with Gasteiger partial charge in [-0.05, 0) is 38.6 Å². The molecule has 1 unspecified atom stereocenters. The van der Waals surface area contributed by atoms with Gasteiger partial charge in [0.1, 0.15) is 0 Å². The number of hydrogen-bond donors (Lipinski definition) is 1. The molecule has 2 heterocycles. The topological polar surface area (TPSA) is 54.2 Å². The van der Waals surface area contributed by atoms with Crippen molar-refractivity contribution in [1.82, 2.24) is 20.4 Å². The van der Waals surface area contributed by atoms with E-state index < -0.39 is 0 Å². The number of benzene rings is 1. The molecular weight excluding hydrogens is 288 g/mol.